The van der Waals surface area contributed by atoms with Crippen LogP contribution >= 0.6 is 11.6 Å². The van der Waals surface area contributed by atoms with E-state index in [-0.39, 0.29) is 5.78 Å². The van der Waals surface area contributed by atoms with Crippen molar-refractivity contribution in [1.29, 1.82) is 0 Å². The van der Waals surface area contributed by atoms with Crippen molar-refractivity contribution in [3.63, 3.8) is 0 Å². The van der Waals surface area contributed by atoms with Crippen molar-refractivity contribution < 1.29 is 9.53 Å². The van der Waals surface area contributed by atoms with Crippen molar-refractivity contribution in [2.75, 3.05) is 7.11 Å². The van der Waals surface area contributed by atoms with Crippen LogP contribution in [0.15, 0.2) is 18.2 Å². The monoisotopic (exact) mass is 306 g/mol. The van der Waals surface area contributed by atoms with Gasteiger partial charge in [-0.2, -0.15) is 5.10 Å². The predicted octanol–water partition coefficient (Wildman–Crippen LogP) is 3.51. The van der Waals surface area contributed by atoms with Gasteiger partial charge in [0, 0.05) is 24.7 Å². The molecule has 1 heterocycles. The van der Waals surface area contributed by atoms with Crippen LogP contribution in [0.4, 0.5) is 0 Å². The third kappa shape index (κ3) is 3.27. The second kappa shape index (κ2) is 6.31. The summed E-state index contributed by atoms with van der Waals surface area (Å²) in [7, 11) is 3.45. The minimum atomic E-state index is 0.0765. The number of nitrogens with zero attached hydrogens (tertiary/aromatic N) is 2. The first-order chi connectivity index (χ1) is 9.93. The van der Waals surface area contributed by atoms with Gasteiger partial charge in [0.25, 0.3) is 0 Å². The van der Waals surface area contributed by atoms with Gasteiger partial charge in [-0.25, -0.2) is 0 Å². The van der Waals surface area contributed by atoms with Gasteiger partial charge in [0.1, 0.15) is 5.75 Å². The molecule has 1 aromatic heterocycles. The summed E-state index contributed by atoms with van der Waals surface area (Å²) in [6.07, 6.45) is 1.13. The number of rotatable bonds is 5. The first kappa shape index (κ1) is 15.6. The standard InChI is InChI=1S/C16H19ClN2O2/c1-10-13(11(2)19(3)18-10)6-8-15(20)12-5-7-14(17)16(9-12)21-4/h5,7,9H,6,8H2,1-4H3. The molecule has 0 spiro atoms. The van der Waals surface area contributed by atoms with Crippen molar-refractivity contribution in [3.8, 4) is 5.75 Å². The molecule has 0 N–H and O–H groups in total. The number of aromatic nitrogens is 2. The lowest BCUT2D eigenvalue weighted by atomic mass is 10.0. The summed E-state index contributed by atoms with van der Waals surface area (Å²) < 4.78 is 6.99. The van der Waals surface area contributed by atoms with Gasteiger partial charge >= 0.3 is 0 Å². The van der Waals surface area contributed by atoms with Crippen LogP contribution in [0.2, 0.25) is 5.02 Å². The van der Waals surface area contributed by atoms with Crippen LogP contribution < -0.4 is 4.74 Å². The van der Waals surface area contributed by atoms with E-state index in [1.54, 1.807) is 18.2 Å². The molecular weight excluding hydrogens is 288 g/mol. The smallest absolute Gasteiger partial charge is 0.163 e. The number of methoxy groups -OCH3 is 1. The number of benzene rings is 1. The molecule has 0 aliphatic heterocycles. The molecule has 0 atom stereocenters. The third-order valence-corrected chi connectivity index (χ3v) is 4.05. The summed E-state index contributed by atoms with van der Waals surface area (Å²) in [6, 6.07) is 5.11. The van der Waals surface area contributed by atoms with Crippen LogP contribution in [0.25, 0.3) is 0 Å². The van der Waals surface area contributed by atoms with Gasteiger partial charge in [-0.3, -0.25) is 9.48 Å². The van der Waals surface area contributed by atoms with Gasteiger partial charge in [-0.1, -0.05) is 11.6 Å². The summed E-state index contributed by atoms with van der Waals surface area (Å²) in [6.45, 7) is 3.99. The van der Waals surface area contributed by atoms with E-state index < -0.39 is 0 Å². The normalized spacial score (nSPS) is 10.7. The van der Waals surface area contributed by atoms with E-state index in [9.17, 15) is 4.79 Å². The van der Waals surface area contributed by atoms with Crippen molar-refractivity contribution in [2.24, 2.45) is 7.05 Å². The Kier molecular flexibility index (Phi) is 4.68. The van der Waals surface area contributed by atoms with Crippen LogP contribution in [-0.4, -0.2) is 22.7 Å². The molecule has 5 heteroatoms. The van der Waals surface area contributed by atoms with E-state index in [4.69, 9.17) is 16.3 Å². The molecule has 0 amide bonds. The highest BCUT2D eigenvalue weighted by atomic mass is 35.5. The molecule has 0 radical (unpaired) electrons. The van der Waals surface area contributed by atoms with Crippen LogP contribution in [0, 0.1) is 13.8 Å². The molecule has 112 valence electrons. The molecule has 0 bridgehead atoms. The molecule has 0 unspecified atom stereocenters. The van der Waals surface area contributed by atoms with E-state index in [2.05, 4.69) is 5.10 Å². The van der Waals surface area contributed by atoms with Gasteiger partial charge < -0.3 is 4.74 Å². The van der Waals surface area contributed by atoms with Gasteiger partial charge in [0.15, 0.2) is 5.78 Å². The number of aryl methyl sites for hydroxylation is 2. The second-order valence-electron chi connectivity index (χ2n) is 5.05. The zero-order chi connectivity index (χ0) is 15.6. The van der Waals surface area contributed by atoms with Gasteiger partial charge in [-0.05, 0) is 44.0 Å². The number of Topliss-reactive ketones (excluding diaryl/α,β-unsaturated/α-hetero) is 1. The Morgan fingerprint density at radius 1 is 1.38 bits per heavy atom. The summed E-state index contributed by atoms with van der Waals surface area (Å²) in [5, 5.41) is 4.88. The topological polar surface area (TPSA) is 44.1 Å². The van der Waals surface area contributed by atoms with Crippen molar-refractivity contribution in [3.05, 3.63) is 45.7 Å². The Morgan fingerprint density at radius 2 is 2.10 bits per heavy atom. The molecule has 21 heavy (non-hydrogen) atoms. The van der Waals surface area contributed by atoms with Crippen molar-refractivity contribution in [1.82, 2.24) is 9.78 Å². The summed E-state index contributed by atoms with van der Waals surface area (Å²) in [4.78, 5) is 12.3. The molecule has 4 nitrogen and oxygen atoms in total. The number of hydrogen-bond donors (Lipinski definition) is 0. The summed E-state index contributed by atoms with van der Waals surface area (Å²) in [5.74, 6) is 0.601. The Balaban J connectivity index is 2.12. The molecule has 2 rings (SSSR count). The molecule has 1 aromatic carbocycles. The van der Waals surface area contributed by atoms with Crippen molar-refractivity contribution in [2.45, 2.75) is 26.7 Å². The summed E-state index contributed by atoms with van der Waals surface area (Å²) >= 11 is 5.97. The Morgan fingerprint density at radius 3 is 2.67 bits per heavy atom. The highest BCUT2D eigenvalue weighted by Crippen LogP contribution is 2.26. The molecular formula is C16H19ClN2O2. The number of carbonyl (C=O) groups excluding carboxylic acids is 1. The first-order valence-corrected chi connectivity index (χ1v) is 7.17. The first-order valence-electron chi connectivity index (χ1n) is 6.80. The highest BCUT2D eigenvalue weighted by molar-refractivity contribution is 6.32. The maximum Gasteiger partial charge on any atom is 0.163 e. The van der Waals surface area contributed by atoms with Gasteiger partial charge in [0.2, 0.25) is 0 Å². The lowest BCUT2D eigenvalue weighted by molar-refractivity contribution is 0.0982. The minimum absolute atomic E-state index is 0.0765. The Hall–Kier alpha value is -1.81. The fourth-order valence-corrected chi connectivity index (χ4v) is 2.59. The quantitative estimate of drug-likeness (QED) is 0.794. The maximum atomic E-state index is 12.3. The number of ketones is 1. The molecule has 0 fully saturated rings. The van der Waals surface area contributed by atoms with Gasteiger partial charge in [-0.15, -0.1) is 0 Å². The van der Waals surface area contributed by atoms with Crippen LogP contribution in [-0.2, 0) is 13.5 Å². The van der Waals surface area contributed by atoms with E-state index in [0.29, 0.717) is 29.2 Å². The second-order valence-corrected chi connectivity index (χ2v) is 5.45. The number of carbonyl (C=O) groups is 1. The molecule has 0 saturated heterocycles. The molecule has 2 aromatic rings. The van der Waals surface area contributed by atoms with Gasteiger partial charge in [0.05, 0.1) is 17.8 Å². The Labute approximate surface area is 129 Å². The average Bonchev–Trinajstić information content (AvgIpc) is 2.70. The SMILES string of the molecule is COc1cc(C(=O)CCc2c(C)nn(C)c2C)ccc1Cl. The molecule has 0 saturated carbocycles. The van der Waals surface area contributed by atoms with Crippen molar-refractivity contribution >= 4 is 17.4 Å². The van der Waals surface area contributed by atoms with Crippen LogP contribution in [0.3, 0.4) is 0 Å². The molecule has 0 aliphatic carbocycles. The number of hydrogen-bond acceptors (Lipinski definition) is 3. The Bertz CT molecular complexity index is 677. The lowest BCUT2D eigenvalue weighted by Gasteiger charge is -2.06. The van der Waals surface area contributed by atoms with E-state index in [1.807, 2.05) is 25.6 Å². The zero-order valence-corrected chi connectivity index (χ0v) is 13.5. The number of halogens is 1. The lowest BCUT2D eigenvalue weighted by Crippen LogP contribution is -2.03. The largest absolute Gasteiger partial charge is 0.495 e. The predicted molar refractivity (Wildman–Crippen MR) is 83.3 cm³/mol. The number of ether oxygens (including phenoxy) is 1. The maximum absolute atomic E-state index is 12.3. The van der Waals surface area contributed by atoms with Crippen LogP contribution in [0.5, 0.6) is 5.75 Å². The average molecular weight is 307 g/mol. The van der Waals surface area contributed by atoms with E-state index >= 15 is 0 Å². The van der Waals surface area contributed by atoms with Crippen LogP contribution in [0.1, 0.15) is 33.7 Å². The minimum Gasteiger partial charge on any atom is -0.495 e. The van der Waals surface area contributed by atoms with E-state index in [1.165, 1.54) is 7.11 Å². The fraction of sp³-hybridized carbons (Fsp3) is 0.375. The summed E-state index contributed by atoms with van der Waals surface area (Å²) in [5.41, 5.74) is 3.85. The molecule has 0 aliphatic rings. The zero-order valence-electron chi connectivity index (χ0n) is 12.7. The van der Waals surface area contributed by atoms with E-state index in [0.717, 1.165) is 17.0 Å². The third-order valence-electron chi connectivity index (χ3n) is 3.73. The fourth-order valence-electron chi connectivity index (χ4n) is 2.40. The highest BCUT2D eigenvalue weighted by Gasteiger charge is 2.13.